The van der Waals surface area contributed by atoms with Crippen molar-refractivity contribution < 1.29 is 9.53 Å². The van der Waals surface area contributed by atoms with E-state index in [0.717, 1.165) is 5.56 Å². The van der Waals surface area contributed by atoms with Gasteiger partial charge in [-0.25, -0.2) is 4.79 Å². The fourth-order valence-corrected chi connectivity index (χ4v) is 1.54. The third-order valence-corrected chi connectivity index (χ3v) is 2.37. The number of hydrogen-bond donors (Lipinski definition) is 1. The number of nitrogens with one attached hydrogen (secondary N) is 1. The summed E-state index contributed by atoms with van der Waals surface area (Å²) in [6.45, 7) is 0. The molecule has 0 aliphatic rings. The van der Waals surface area contributed by atoms with Gasteiger partial charge in [0.05, 0.1) is 12.7 Å². The largest absolute Gasteiger partial charge is 0.465 e. The lowest BCUT2D eigenvalue weighted by atomic mass is 10.1. The van der Waals surface area contributed by atoms with Crippen molar-refractivity contribution >= 4 is 5.97 Å². The molecule has 0 aliphatic carbocycles. The predicted octanol–water partition coefficient (Wildman–Crippen LogP) is 1.83. The molecule has 0 fully saturated rings. The second-order valence-electron chi connectivity index (χ2n) is 3.51. The van der Waals surface area contributed by atoms with Crippen molar-refractivity contribution in [2.45, 2.75) is 0 Å². The molecule has 4 nitrogen and oxygen atoms in total. The van der Waals surface area contributed by atoms with Crippen LogP contribution in [0.25, 0.3) is 11.3 Å². The smallest absolute Gasteiger partial charge is 0.337 e. The number of hydrogen-bond acceptors (Lipinski definition) is 3. The van der Waals surface area contributed by atoms with Gasteiger partial charge in [-0.15, -0.1) is 0 Å². The standard InChI is InChI=1S/C13H11NO3/c1-17-13(16)10-4-2-3-9(7-10)12-8-11(15)5-6-14-12/h2-8H,1H3,(H,14,15). The van der Waals surface area contributed by atoms with Gasteiger partial charge in [-0.3, -0.25) is 4.79 Å². The number of benzene rings is 1. The Bertz CT molecular complexity index is 601. The first-order chi connectivity index (χ1) is 8.20. The molecule has 1 aromatic carbocycles. The van der Waals surface area contributed by atoms with E-state index in [-0.39, 0.29) is 5.43 Å². The van der Waals surface area contributed by atoms with Crippen molar-refractivity contribution in [2.24, 2.45) is 0 Å². The summed E-state index contributed by atoms with van der Waals surface area (Å²) in [5.41, 5.74) is 1.81. The van der Waals surface area contributed by atoms with Crippen LogP contribution < -0.4 is 5.43 Å². The number of H-pyrrole nitrogens is 1. The minimum Gasteiger partial charge on any atom is -0.465 e. The number of carbonyl (C=O) groups is 1. The number of rotatable bonds is 2. The number of ether oxygens (including phenoxy) is 1. The van der Waals surface area contributed by atoms with Crippen LogP contribution in [-0.2, 0) is 4.74 Å². The molecule has 1 aromatic heterocycles. The fourth-order valence-electron chi connectivity index (χ4n) is 1.54. The monoisotopic (exact) mass is 229 g/mol. The normalized spacial score (nSPS) is 9.94. The lowest BCUT2D eigenvalue weighted by Gasteiger charge is -2.03. The molecule has 4 heteroatoms. The van der Waals surface area contributed by atoms with Crippen LogP contribution in [0.1, 0.15) is 10.4 Å². The lowest BCUT2D eigenvalue weighted by Crippen LogP contribution is -2.02. The Kier molecular flexibility index (Phi) is 3.05. The van der Waals surface area contributed by atoms with Crippen LogP contribution in [0.2, 0.25) is 0 Å². The molecule has 1 heterocycles. The van der Waals surface area contributed by atoms with E-state index in [1.54, 1.807) is 24.4 Å². The van der Waals surface area contributed by atoms with Gasteiger partial charge in [0.15, 0.2) is 5.43 Å². The van der Waals surface area contributed by atoms with Crippen molar-refractivity contribution in [1.29, 1.82) is 0 Å². The van der Waals surface area contributed by atoms with Crippen LogP contribution in [0.5, 0.6) is 0 Å². The van der Waals surface area contributed by atoms with Gasteiger partial charge in [-0.1, -0.05) is 12.1 Å². The van der Waals surface area contributed by atoms with Crippen molar-refractivity contribution in [3.63, 3.8) is 0 Å². The molecule has 17 heavy (non-hydrogen) atoms. The van der Waals surface area contributed by atoms with E-state index in [2.05, 4.69) is 9.72 Å². The summed E-state index contributed by atoms with van der Waals surface area (Å²) < 4.78 is 4.64. The number of methoxy groups -OCH3 is 1. The number of aromatic nitrogens is 1. The maximum atomic E-state index is 11.4. The second-order valence-corrected chi connectivity index (χ2v) is 3.51. The summed E-state index contributed by atoms with van der Waals surface area (Å²) in [6, 6.07) is 9.82. The molecular weight excluding hydrogens is 218 g/mol. The predicted molar refractivity (Wildman–Crippen MR) is 63.8 cm³/mol. The van der Waals surface area contributed by atoms with E-state index < -0.39 is 5.97 Å². The summed E-state index contributed by atoms with van der Waals surface area (Å²) in [4.78, 5) is 25.6. The maximum absolute atomic E-state index is 11.4. The molecule has 0 aliphatic heterocycles. The Labute approximate surface area is 97.9 Å². The average molecular weight is 229 g/mol. The van der Waals surface area contributed by atoms with Gasteiger partial charge in [-0.05, 0) is 17.7 Å². The zero-order chi connectivity index (χ0) is 12.3. The van der Waals surface area contributed by atoms with E-state index >= 15 is 0 Å². The molecule has 0 saturated carbocycles. The highest BCUT2D eigenvalue weighted by molar-refractivity contribution is 5.90. The van der Waals surface area contributed by atoms with Gasteiger partial charge < -0.3 is 9.72 Å². The van der Waals surface area contributed by atoms with Gasteiger partial charge in [-0.2, -0.15) is 0 Å². The highest BCUT2D eigenvalue weighted by Crippen LogP contribution is 2.16. The SMILES string of the molecule is COC(=O)c1cccc(-c2cc(=O)cc[nH]2)c1. The van der Waals surface area contributed by atoms with E-state index in [4.69, 9.17) is 0 Å². The van der Waals surface area contributed by atoms with Gasteiger partial charge in [0, 0.05) is 24.0 Å². The molecule has 0 unspecified atom stereocenters. The topological polar surface area (TPSA) is 59.2 Å². The number of pyridine rings is 1. The summed E-state index contributed by atoms with van der Waals surface area (Å²) in [5.74, 6) is -0.398. The summed E-state index contributed by atoms with van der Waals surface area (Å²) >= 11 is 0. The van der Waals surface area contributed by atoms with E-state index in [9.17, 15) is 9.59 Å². The maximum Gasteiger partial charge on any atom is 0.337 e. The third-order valence-electron chi connectivity index (χ3n) is 2.37. The van der Waals surface area contributed by atoms with Crippen molar-refractivity contribution in [1.82, 2.24) is 4.98 Å². The molecule has 0 atom stereocenters. The Morgan fingerprint density at radius 2 is 2.06 bits per heavy atom. The number of esters is 1. The minimum atomic E-state index is -0.398. The molecule has 1 N–H and O–H groups in total. The number of aromatic amines is 1. The third kappa shape index (κ3) is 2.42. The quantitative estimate of drug-likeness (QED) is 0.799. The minimum absolute atomic E-state index is 0.0813. The molecule has 0 spiro atoms. The van der Waals surface area contributed by atoms with Crippen LogP contribution in [0.4, 0.5) is 0 Å². The lowest BCUT2D eigenvalue weighted by molar-refractivity contribution is 0.0601. The molecule has 0 amide bonds. The van der Waals surface area contributed by atoms with E-state index in [1.807, 2.05) is 6.07 Å². The highest BCUT2D eigenvalue weighted by Gasteiger charge is 2.06. The summed E-state index contributed by atoms with van der Waals surface area (Å²) in [7, 11) is 1.33. The molecule has 0 radical (unpaired) electrons. The first-order valence-corrected chi connectivity index (χ1v) is 5.08. The van der Waals surface area contributed by atoms with Crippen molar-refractivity contribution in [3.05, 3.63) is 58.4 Å². The Balaban J connectivity index is 2.46. The van der Waals surface area contributed by atoms with E-state index in [1.165, 1.54) is 19.2 Å². The van der Waals surface area contributed by atoms with Gasteiger partial charge in [0.2, 0.25) is 0 Å². The van der Waals surface area contributed by atoms with E-state index in [0.29, 0.717) is 11.3 Å². The molecule has 0 bridgehead atoms. The zero-order valence-electron chi connectivity index (χ0n) is 9.27. The van der Waals surface area contributed by atoms with Gasteiger partial charge >= 0.3 is 5.97 Å². The van der Waals surface area contributed by atoms with Crippen molar-refractivity contribution in [3.8, 4) is 11.3 Å². The van der Waals surface area contributed by atoms with Gasteiger partial charge in [0.1, 0.15) is 0 Å². The molecule has 2 aromatic rings. The molecular formula is C13H11NO3. The molecule has 0 saturated heterocycles. The average Bonchev–Trinajstić information content (AvgIpc) is 2.38. The van der Waals surface area contributed by atoms with Crippen LogP contribution in [0.3, 0.4) is 0 Å². The highest BCUT2D eigenvalue weighted by atomic mass is 16.5. The van der Waals surface area contributed by atoms with Crippen molar-refractivity contribution in [2.75, 3.05) is 7.11 Å². The number of carbonyl (C=O) groups excluding carboxylic acids is 1. The van der Waals surface area contributed by atoms with Crippen LogP contribution in [0, 0.1) is 0 Å². The van der Waals surface area contributed by atoms with Gasteiger partial charge in [0.25, 0.3) is 0 Å². The first kappa shape index (κ1) is 11.1. The molecule has 86 valence electrons. The second kappa shape index (κ2) is 4.65. The first-order valence-electron chi connectivity index (χ1n) is 5.08. The van der Waals surface area contributed by atoms with Crippen LogP contribution in [0.15, 0.2) is 47.4 Å². The summed E-state index contributed by atoms with van der Waals surface area (Å²) in [6.07, 6.45) is 1.57. The van der Waals surface area contributed by atoms with Crippen LogP contribution in [-0.4, -0.2) is 18.1 Å². The molecule has 2 rings (SSSR count). The fraction of sp³-hybridized carbons (Fsp3) is 0.0769. The zero-order valence-corrected chi connectivity index (χ0v) is 9.27. The van der Waals surface area contributed by atoms with Crippen LogP contribution >= 0.6 is 0 Å². The Hall–Kier alpha value is -2.36. The Morgan fingerprint density at radius 3 is 2.76 bits per heavy atom. The Morgan fingerprint density at radius 1 is 1.24 bits per heavy atom. The summed E-state index contributed by atoms with van der Waals surface area (Å²) in [5, 5.41) is 0.